The molecule has 0 aromatic rings. The molecular formula is H2B2O2. The van der Waals surface area contributed by atoms with Gasteiger partial charge in [-0.3, -0.25) is 0 Å². The summed E-state index contributed by atoms with van der Waals surface area (Å²) in [5.41, 5.74) is 0. The van der Waals surface area contributed by atoms with Gasteiger partial charge in [-0.2, -0.15) is 0 Å². The number of hydrogen-bond donors (Lipinski definition) is 2. The van der Waals surface area contributed by atoms with Crippen molar-refractivity contribution in [3.63, 3.8) is 0 Å². The molecule has 0 saturated heterocycles. The normalized spacial score (nSPS) is 3.50. The van der Waals surface area contributed by atoms with Gasteiger partial charge in [0.15, 0.2) is 0 Å². The highest BCUT2D eigenvalue weighted by Crippen LogP contribution is 1.08. The van der Waals surface area contributed by atoms with Crippen LogP contribution in [0.25, 0.3) is 0 Å². The Hall–Kier alpha value is 0.0499. The van der Waals surface area contributed by atoms with Gasteiger partial charge in [-0.05, 0) is 0 Å². The molecule has 4 radical (unpaired) electrons. The third kappa shape index (κ3) is 908. The van der Waals surface area contributed by atoms with Gasteiger partial charge < -0.3 is 10.0 Å². The van der Waals surface area contributed by atoms with E-state index in [1.54, 1.807) is 0 Å². The molecule has 4 heavy (non-hydrogen) atoms. The van der Waals surface area contributed by atoms with Gasteiger partial charge in [0.2, 0.25) is 0 Å². The number of hydrogen-bond acceptors (Lipinski definition) is 2. The van der Waals surface area contributed by atoms with Gasteiger partial charge in [0.1, 0.15) is 0 Å². The van der Waals surface area contributed by atoms with E-state index in [9.17, 15) is 0 Å². The van der Waals surface area contributed by atoms with Crippen molar-refractivity contribution in [1.29, 1.82) is 0 Å². The highest BCUT2D eigenvalue weighted by Gasteiger charge is 1.51. The Labute approximate surface area is 27.3 Å². The van der Waals surface area contributed by atoms with Crippen molar-refractivity contribution in [1.82, 2.24) is 0 Å². The van der Waals surface area contributed by atoms with Crippen LogP contribution in [0.15, 0.2) is 0 Å². The molecular weight excluding hydrogens is 53.6 g/mol. The molecule has 2 N–H and O–H groups in total. The monoisotopic (exact) mass is 56.0 g/mol. The Morgan fingerprint density at radius 1 is 1.25 bits per heavy atom. The van der Waals surface area contributed by atoms with E-state index in [0.29, 0.717) is 0 Å². The molecule has 0 aliphatic rings. The van der Waals surface area contributed by atoms with Crippen molar-refractivity contribution in [2.45, 2.75) is 0 Å². The van der Waals surface area contributed by atoms with Crippen molar-refractivity contribution >= 4 is 16.1 Å². The second-order valence-corrected chi connectivity index (χ2v) is 0.115. The van der Waals surface area contributed by atoms with Crippen molar-refractivity contribution < 1.29 is 10.0 Å². The van der Waals surface area contributed by atoms with Crippen molar-refractivity contribution in [2.75, 3.05) is 0 Å². The molecule has 0 spiro atoms. The maximum absolute atomic E-state index is 7.00. The van der Waals surface area contributed by atoms with Gasteiger partial charge in [0.05, 0.1) is 0 Å². The minimum Gasteiger partial charge on any atom is -0.429 e. The minimum absolute atomic E-state index is 0. The highest BCUT2D eigenvalue weighted by molar-refractivity contribution is 6.13. The smallest absolute Gasteiger partial charge is 0.429 e. The number of rotatable bonds is 0. The average molecular weight is 55.6 g/mol. The summed E-state index contributed by atoms with van der Waals surface area (Å²) in [4.78, 5) is 0. The molecule has 0 saturated carbocycles. The molecule has 0 amide bonds. The summed E-state index contributed by atoms with van der Waals surface area (Å²) in [7, 11) is 0. The van der Waals surface area contributed by atoms with Gasteiger partial charge in [0.25, 0.3) is 0 Å². The molecule has 0 unspecified atom stereocenters. The topological polar surface area (TPSA) is 40.5 Å². The summed E-state index contributed by atoms with van der Waals surface area (Å²) < 4.78 is 0. The van der Waals surface area contributed by atoms with Gasteiger partial charge in [0, 0.05) is 8.41 Å². The average Bonchev–Trinajstić information content (AvgIpc) is 0.918. The Bertz CT molecular complexity index is 4.00. The van der Waals surface area contributed by atoms with E-state index in [1.165, 1.54) is 0 Å². The van der Waals surface area contributed by atoms with Gasteiger partial charge in [-0.15, -0.1) is 0 Å². The van der Waals surface area contributed by atoms with E-state index in [-0.39, 0.29) is 16.1 Å². The first kappa shape index (κ1) is 8.97. The fraction of sp³-hybridized carbons (Fsp3) is 0. The van der Waals surface area contributed by atoms with Crippen LogP contribution in [0.3, 0.4) is 0 Å². The predicted molar refractivity (Wildman–Crippen MR) is 15.9 cm³/mol. The van der Waals surface area contributed by atoms with Crippen LogP contribution in [0.5, 0.6) is 0 Å². The minimum atomic E-state index is 0. The molecule has 0 aliphatic heterocycles. The summed E-state index contributed by atoms with van der Waals surface area (Å²) in [5.74, 6) is 0. The van der Waals surface area contributed by atoms with E-state index in [4.69, 9.17) is 10.0 Å². The fourth-order valence-electron chi connectivity index (χ4n) is 0. The largest absolute Gasteiger partial charge is 0.482 e. The summed E-state index contributed by atoms with van der Waals surface area (Å²) in [6, 6.07) is 0. The summed E-state index contributed by atoms with van der Waals surface area (Å²) in [6.07, 6.45) is 0. The molecule has 0 rings (SSSR count). The Morgan fingerprint density at radius 2 is 1.25 bits per heavy atom. The zero-order chi connectivity index (χ0) is 2.71. The zero-order valence-corrected chi connectivity index (χ0v) is 2.05. The third-order valence-electron chi connectivity index (χ3n) is 0. The van der Waals surface area contributed by atoms with Gasteiger partial charge >= 0.3 is 7.69 Å². The van der Waals surface area contributed by atoms with Gasteiger partial charge in [-0.25, -0.2) is 0 Å². The molecule has 4 heteroatoms. The van der Waals surface area contributed by atoms with Crippen LogP contribution in [-0.2, 0) is 0 Å². The SMILES string of the molecule is O[B]O.[B]. The lowest BCUT2D eigenvalue weighted by molar-refractivity contribution is 0.448. The highest BCUT2D eigenvalue weighted by atomic mass is 16.4. The van der Waals surface area contributed by atoms with E-state index in [2.05, 4.69) is 0 Å². The predicted octanol–water partition coefficient (Wildman–Crippen LogP) is -1.88. The molecule has 0 aromatic carbocycles. The molecule has 0 heterocycles. The van der Waals surface area contributed by atoms with Crippen LogP contribution < -0.4 is 0 Å². The van der Waals surface area contributed by atoms with E-state index in [1.807, 2.05) is 0 Å². The maximum Gasteiger partial charge on any atom is 0.482 e. The first-order chi connectivity index (χ1) is 1.41. The van der Waals surface area contributed by atoms with E-state index in [0.717, 1.165) is 0 Å². The molecule has 0 fully saturated rings. The first-order valence-electron chi connectivity index (χ1n) is 0.516. The van der Waals surface area contributed by atoms with Crippen molar-refractivity contribution in [2.24, 2.45) is 0 Å². The maximum atomic E-state index is 7.00. The van der Waals surface area contributed by atoms with Gasteiger partial charge in [-0.1, -0.05) is 0 Å². The van der Waals surface area contributed by atoms with Crippen LogP contribution in [-0.4, -0.2) is 26.1 Å². The summed E-state index contributed by atoms with van der Waals surface area (Å²) in [6.45, 7) is 0. The Morgan fingerprint density at radius 3 is 1.25 bits per heavy atom. The summed E-state index contributed by atoms with van der Waals surface area (Å²) in [5, 5.41) is 14.0. The lowest BCUT2D eigenvalue weighted by atomic mass is 10.5. The van der Waals surface area contributed by atoms with Crippen molar-refractivity contribution in [3.05, 3.63) is 0 Å². The molecule has 0 bridgehead atoms. The van der Waals surface area contributed by atoms with Crippen LogP contribution in [0.4, 0.5) is 0 Å². The third-order valence-corrected chi connectivity index (χ3v) is 0. The van der Waals surface area contributed by atoms with E-state index < -0.39 is 0 Å². The van der Waals surface area contributed by atoms with Crippen LogP contribution in [0.2, 0.25) is 0 Å². The molecule has 0 aromatic heterocycles. The molecule has 0 atom stereocenters. The zero-order valence-electron chi connectivity index (χ0n) is 2.05. The fourth-order valence-corrected chi connectivity index (χ4v) is 0. The lowest BCUT2D eigenvalue weighted by Crippen LogP contribution is -1.75. The second kappa shape index (κ2) is 11.6. The standard InChI is InChI=1S/BH2O2.B/c2-1-3;/h2-3H;. The Balaban J connectivity index is 0. The quantitative estimate of drug-likeness (QED) is 0.319. The Kier molecular flexibility index (Phi) is 26.1. The van der Waals surface area contributed by atoms with Crippen LogP contribution in [0.1, 0.15) is 0 Å². The lowest BCUT2D eigenvalue weighted by Gasteiger charge is -1.46. The van der Waals surface area contributed by atoms with Crippen molar-refractivity contribution in [3.8, 4) is 0 Å². The second-order valence-electron chi connectivity index (χ2n) is 0.115. The first-order valence-corrected chi connectivity index (χ1v) is 0.516. The van der Waals surface area contributed by atoms with Crippen LogP contribution in [0, 0.1) is 0 Å². The molecule has 0 aliphatic carbocycles. The van der Waals surface area contributed by atoms with Crippen LogP contribution >= 0.6 is 0 Å². The molecule has 20 valence electrons. The van der Waals surface area contributed by atoms with E-state index >= 15 is 0 Å². The molecule has 2 nitrogen and oxygen atoms in total. The summed E-state index contributed by atoms with van der Waals surface area (Å²) >= 11 is 0.